The molecular formula is C18H19F3O. The van der Waals surface area contributed by atoms with Crippen LogP contribution in [-0.2, 0) is 11.6 Å². The second-order valence-corrected chi connectivity index (χ2v) is 6.39. The van der Waals surface area contributed by atoms with Crippen LogP contribution in [-0.4, -0.2) is 5.11 Å². The number of rotatable bonds is 2. The minimum Gasteiger partial charge on any atom is -0.384 e. The van der Waals surface area contributed by atoms with Gasteiger partial charge in [-0.2, -0.15) is 13.2 Å². The van der Waals surface area contributed by atoms with Crippen molar-refractivity contribution >= 4 is 0 Å². The molecule has 0 aromatic heterocycles. The molecule has 4 heteroatoms. The van der Waals surface area contributed by atoms with E-state index < -0.39 is 17.8 Å². The number of alkyl halides is 3. The van der Waals surface area contributed by atoms with Gasteiger partial charge in [-0.25, -0.2) is 0 Å². The highest BCUT2D eigenvalue weighted by atomic mass is 19.4. The molecule has 118 valence electrons. The number of aliphatic hydroxyl groups is 1. The van der Waals surface area contributed by atoms with Gasteiger partial charge in [-0.1, -0.05) is 57.2 Å². The molecule has 1 unspecified atom stereocenters. The lowest BCUT2D eigenvalue weighted by molar-refractivity contribution is -0.137. The van der Waals surface area contributed by atoms with Crippen molar-refractivity contribution in [2.45, 2.75) is 38.5 Å². The monoisotopic (exact) mass is 308 g/mol. The second kappa shape index (κ2) is 5.76. The lowest BCUT2D eigenvalue weighted by atomic mass is 9.86. The molecule has 0 bridgehead atoms. The maximum atomic E-state index is 12.5. The van der Waals surface area contributed by atoms with Gasteiger partial charge in [0.25, 0.3) is 0 Å². The summed E-state index contributed by atoms with van der Waals surface area (Å²) in [4.78, 5) is 0. The van der Waals surface area contributed by atoms with Crippen molar-refractivity contribution < 1.29 is 18.3 Å². The van der Waals surface area contributed by atoms with E-state index in [1.165, 1.54) is 12.1 Å². The fourth-order valence-electron chi connectivity index (χ4n) is 2.21. The molecule has 1 N–H and O–H groups in total. The third kappa shape index (κ3) is 3.69. The fraction of sp³-hybridized carbons (Fsp3) is 0.333. The number of halogens is 3. The van der Waals surface area contributed by atoms with Crippen molar-refractivity contribution in [1.82, 2.24) is 0 Å². The molecule has 0 aliphatic heterocycles. The Morgan fingerprint density at radius 3 is 1.41 bits per heavy atom. The summed E-state index contributed by atoms with van der Waals surface area (Å²) in [7, 11) is 0. The lowest BCUT2D eigenvalue weighted by Gasteiger charge is -2.20. The van der Waals surface area contributed by atoms with E-state index in [1.807, 2.05) is 24.3 Å². The molecule has 2 rings (SSSR count). The summed E-state index contributed by atoms with van der Waals surface area (Å²) < 4.78 is 37.6. The van der Waals surface area contributed by atoms with Crippen molar-refractivity contribution in [3.05, 3.63) is 70.8 Å². The van der Waals surface area contributed by atoms with E-state index in [-0.39, 0.29) is 5.41 Å². The van der Waals surface area contributed by atoms with Crippen LogP contribution in [0.5, 0.6) is 0 Å². The van der Waals surface area contributed by atoms with Crippen LogP contribution in [0.1, 0.15) is 49.1 Å². The zero-order chi connectivity index (χ0) is 16.5. The molecule has 0 heterocycles. The Morgan fingerprint density at radius 1 is 0.727 bits per heavy atom. The van der Waals surface area contributed by atoms with Crippen molar-refractivity contribution in [3.63, 3.8) is 0 Å². The van der Waals surface area contributed by atoms with E-state index in [0.29, 0.717) is 11.1 Å². The molecule has 0 aliphatic rings. The minimum absolute atomic E-state index is 0.0117. The van der Waals surface area contributed by atoms with E-state index in [9.17, 15) is 18.3 Å². The number of hydrogen-bond acceptors (Lipinski definition) is 1. The van der Waals surface area contributed by atoms with E-state index in [4.69, 9.17) is 0 Å². The van der Waals surface area contributed by atoms with Gasteiger partial charge in [0.1, 0.15) is 6.10 Å². The second-order valence-electron chi connectivity index (χ2n) is 6.39. The number of aliphatic hydroxyl groups excluding tert-OH is 1. The SMILES string of the molecule is CC(C)(C)c1ccc(C(O)c2ccc(C(F)(F)F)cc2)cc1. The first kappa shape index (κ1) is 16.6. The first-order valence-corrected chi connectivity index (χ1v) is 7.05. The predicted molar refractivity (Wildman–Crippen MR) is 80.6 cm³/mol. The summed E-state index contributed by atoms with van der Waals surface area (Å²) in [6.45, 7) is 6.27. The van der Waals surface area contributed by atoms with Gasteiger partial charge < -0.3 is 5.11 Å². The summed E-state index contributed by atoms with van der Waals surface area (Å²) in [5.41, 5.74) is 1.53. The molecule has 0 spiro atoms. The summed E-state index contributed by atoms with van der Waals surface area (Å²) in [6, 6.07) is 12.1. The molecule has 0 radical (unpaired) electrons. The van der Waals surface area contributed by atoms with Crippen molar-refractivity contribution in [2.24, 2.45) is 0 Å². The van der Waals surface area contributed by atoms with Crippen LogP contribution in [0.4, 0.5) is 13.2 Å². The maximum Gasteiger partial charge on any atom is 0.416 e. The highest BCUT2D eigenvalue weighted by Gasteiger charge is 2.30. The smallest absolute Gasteiger partial charge is 0.384 e. The first-order valence-electron chi connectivity index (χ1n) is 7.05. The Kier molecular flexibility index (Phi) is 4.34. The van der Waals surface area contributed by atoms with Crippen LogP contribution >= 0.6 is 0 Å². The van der Waals surface area contributed by atoms with Crippen LogP contribution in [0.3, 0.4) is 0 Å². The highest BCUT2D eigenvalue weighted by molar-refractivity contribution is 5.35. The molecule has 0 amide bonds. The molecule has 0 fully saturated rings. The van der Waals surface area contributed by atoms with Gasteiger partial charge in [0, 0.05) is 0 Å². The number of benzene rings is 2. The first-order chi connectivity index (χ1) is 10.1. The minimum atomic E-state index is -4.36. The van der Waals surface area contributed by atoms with Crippen LogP contribution in [0.2, 0.25) is 0 Å². The van der Waals surface area contributed by atoms with E-state index in [1.54, 1.807) is 0 Å². The molecular weight excluding hydrogens is 289 g/mol. The molecule has 0 saturated heterocycles. The average molecular weight is 308 g/mol. The fourth-order valence-corrected chi connectivity index (χ4v) is 2.21. The number of hydrogen-bond donors (Lipinski definition) is 1. The van der Waals surface area contributed by atoms with Crippen molar-refractivity contribution in [1.29, 1.82) is 0 Å². The lowest BCUT2D eigenvalue weighted by Crippen LogP contribution is -2.11. The normalized spacial score (nSPS) is 14.0. The molecule has 22 heavy (non-hydrogen) atoms. The Bertz CT molecular complexity index is 562. The van der Waals surface area contributed by atoms with Gasteiger partial charge in [-0.3, -0.25) is 0 Å². The van der Waals surface area contributed by atoms with Gasteiger partial charge in [0.15, 0.2) is 0 Å². The van der Waals surface area contributed by atoms with Crippen LogP contribution < -0.4 is 0 Å². The predicted octanol–water partition coefficient (Wildman–Crippen LogP) is 5.08. The third-order valence-corrected chi connectivity index (χ3v) is 3.65. The van der Waals surface area contributed by atoms with Gasteiger partial charge in [-0.15, -0.1) is 0 Å². The van der Waals surface area contributed by atoms with Gasteiger partial charge in [0.05, 0.1) is 5.56 Å². The Morgan fingerprint density at radius 2 is 1.09 bits per heavy atom. The van der Waals surface area contributed by atoms with Gasteiger partial charge >= 0.3 is 6.18 Å². The van der Waals surface area contributed by atoms with Crippen molar-refractivity contribution in [2.75, 3.05) is 0 Å². The molecule has 1 nitrogen and oxygen atoms in total. The van der Waals surface area contributed by atoms with Gasteiger partial charge in [-0.05, 0) is 34.2 Å². The third-order valence-electron chi connectivity index (χ3n) is 3.65. The molecule has 0 saturated carbocycles. The zero-order valence-corrected chi connectivity index (χ0v) is 12.8. The summed E-state index contributed by atoms with van der Waals surface area (Å²) in [5, 5.41) is 10.3. The van der Waals surface area contributed by atoms with E-state index >= 15 is 0 Å². The van der Waals surface area contributed by atoms with Crippen LogP contribution in [0.25, 0.3) is 0 Å². The molecule has 1 atom stereocenters. The topological polar surface area (TPSA) is 20.2 Å². The van der Waals surface area contributed by atoms with E-state index in [2.05, 4.69) is 20.8 Å². The average Bonchev–Trinajstić information content (AvgIpc) is 2.45. The molecule has 2 aromatic carbocycles. The Balaban J connectivity index is 2.23. The zero-order valence-electron chi connectivity index (χ0n) is 12.8. The largest absolute Gasteiger partial charge is 0.416 e. The molecule has 2 aromatic rings. The Labute approximate surface area is 128 Å². The quantitative estimate of drug-likeness (QED) is 0.820. The highest BCUT2D eigenvalue weighted by Crippen LogP contribution is 2.31. The Hall–Kier alpha value is -1.81. The summed E-state index contributed by atoms with van der Waals surface area (Å²) >= 11 is 0. The molecule has 0 aliphatic carbocycles. The standard InChI is InChI=1S/C18H19F3O/c1-17(2,3)14-8-4-12(5-9-14)16(22)13-6-10-15(11-7-13)18(19,20)21/h4-11,16,22H,1-3H3. The summed E-state index contributed by atoms with van der Waals surface area (Å²) in [6.07, 6.45) is -5.30. The van der Waals surface area contributed by atoms with Crippen LogP contribution in [0, 0.1) is 0 Å². The van der Waals surface area contributed by atoms with Crippen molar-refractivity contribution in [3.8, 4) is 0 Å². The van der Waals surface area contributed by atoms with E-state index in [0.717, 1.165) is 17.7 Å². The maximum absolute atomic E-state index is 12.5. The van der Waals surface area contributed by atoms with Gasteiger partial charge in [0.2, 0.25) is 0 Å². The summed E-state index contributed by atoms with van der Waals surface area (Å²) in [5.74, 6) is 0. The van der Waals surface area contributed by atoms with Crippen LogP contribution in [0.15, 0.2) is 48.5 Å².